The van der Waals surface area contributed by atoms with Gasteiger partial charge in [0.05, 0.1) is 6.04 Å². The molecule has 5 heteroatoms. The van der Waals surface area contributed by atoms with Gasteiger partial charge in [-0.1, -0.05) is 5.16 Å². The van der Waals surface area contributed by atoms with Crippen LogP contribution in [0.2, 0.25) is 0 Å². The summed E-state index contributed by atoms with van der Waals surface area (Å²) in [5.74, 6) is 1.05. The van der Waals surface area contributed by atoms with Crippen molar-refractivity contribution in [2.75, 3.05) is 6.26 Å². The minimum Gasteiger partial charge on any atom is -0.337 e. The Morgan fingerprint density at radius 3 is 2.50 bits per heavy atom. The molecule has 2 rings (SSSR count). The molecule has 0 aliphatic carbocycles. The van der Waals surface area contributed by atoms with E-state index in [0.717, 1.165) is 5.56 Å². The Hall–Kier alpha value is -1.33. The number of rotatable bonds is 3. The van der Waals surface area contributed by atoms with E-state index in [-0.39, 0.29) is 6.04 Å². The highest BCUT2D eigenvalue weighted by Crippen LogP contribution is 2.21. The van der Waals surface area contributed by atoms with Crippen molar-refractivity contribution in [1.29, 1.82) is 0 Å². The van der Waals surface area contributed by atoms with Crippen LogP contribution in [-0.4, -0.2) is 16.4 Å². The summed E-state index contributed by atoms with van der Waals surface area (Å²) in [7, 11) is 0. The molecule has 4 nitrogen and oxygen atoms in total. The second-order valence-electron chi connectivity index (χ2n) is 3.47. The zero-order valence-electron chi connectivity index (χ0n) is 9.18. The summed E-state index contributed by atoms with van der Waals surface area (Å²) >= 11 is 1.70. The Bertz CT molecular complexity index is 464. The molecule has 0 fully saturated rings. The second-order valence-corrected chi connectivity index (χ2v) is 4.35. The highest BCUT2D eigenvalue weighted by molar-refractivity contribution is 7.98. The maximum atomic E-state index is 5.65. The van der Waals surface area contributed by atoms with Crippen molar-refractivity contribution in [1.82, 2.24) is 10.1 Å². The molecule has 1 aromatic carbocycles. The normalized spacial score (nSPS) is 12.7. The maximum Gasteiger partial charge on any atom is 0.243 e. The lowest BCUT2D eigenvalue weighted by molar-refractivity contribution is 0.362. The van der Waals surface area contributed by atoms with E-state index in [9.17, 15) is 0 Å². The number of nitrogens with zero attached hydrogens (tertiary/aromatic N) is 2. The molecule has 0 bridgehead atoms. The molecule has 0 aliphatic rings. The molecular formula is C11H13N3OS. The van der Waals surface area contributed by atoms with Gasteiger partial charge in [-0.25, -0.2) is 0 Å². The quantitative estimate of drug-likeness (QED) is 0.828. The van der Waals surface area contributed by atoms with Crippen LogP contribution in [0.3, 0.4) is 0 Å². The zero-order chi connectivity index (χ0) is 11.5. The third-order valence-electron chi connectivity index (χ3n) is 2.18. The largest absolute Gasteiger partial charge is 0.337 e. The van der Waals surface area contributed by atoms with Crippen LogP contribution in [0.1, 0.15) is 18.9 Å². The number of thioether (sulfide) groups is 1. The van der Waals surface area contributed by atoms with Crippen molar-refractivity contribution in [3.05, 3.63) is 30.2 Å². The summed E-state index contributed by atoms with van der Waals surface area (Å²) in [5, 5.41) is 3.89. The van der Waals surface area contributed by atoms with Gasteiger partial charge in [0.15, 0.2) is 0 Å². The molecule has 0 saturated heterocycles. The number of hydrogen-bond donors (Lipinski definition) is 1. The molecule has 0 spiro atoms. The van der Waals surface area contributed by atoms with Gasteiger partial charge in [-0.05, 0) is 37.4 Å². The topological polar surface area (TPSA) is 64.9 Å². The van der Waals surface area contributed by atoms with E-state index in [1.54, 1.807) is 11.8 Å². The molecule has 0 radical (unpaired) electrons. The van der Waals surface area contributed by atoms with Gasteiger partial charge in [0, 0.05) is 10.5 Å². The van der Waals surface area contributed by atoms with E-state index >= 15 is 0 Å². The third-order valence-corrected chi connectivity index (χ3v) is 2.92. The Kier molecular flexibility index (Phi) is 3.26. The van der Waals surface area contributed by atoms with Crippen LogP contribution in [0, 0.1) is 0 Å². The summed E-state index contributed by atoms with van der Waals surface area (Å²) in [6.07, 6.45) is 2.04. The number of benzene rings is 1. The van der Waals surface area contributed by atoms with Gasteiger partial charge in [-0.15, -0.1) is 11.8 Å². The summed E-state index contributed by atoms with van der Waals surface area (Å²) < 4.78 is 5.05. The average Bonchev–Trinajstić information content (AvgIpc) is 2.78. The van der Waals surface area contributed by atoms with Gasteiger partial charge in [0.1, 0.15) is 0 Å². The zero-order valence-corrected chi connectivity index (χ0v) is 9.99. The molecule has 2 aromatic rings. The number of nitrogens with two attached hydrogens (primary N) is 1. The van der Waals surface area contributed by atoms with E-state index in [0.29, 0.717) is 11.7 Å². The van der Waals surface area contributed by atoms with Crippen LogP contribution < -0.4 is 5.73 Å². The van der Waals surface area contributed by atoms with Gasteiger partial charge >= 0.3 is 0 Å². The lowest BCUT2D eigenvalue weighted by atomic mass is 10.2. The van der Waals surface area contributed by atoms with Gasteiger partial charge in [-0.2, -0.15) is 4.98 Å². The summed E-state index contributed by atoms with van der Waals surface area (Å²) in [6.45, 7) is 1.81. The van der Waals surface area contributed by atoms with Gasteiger partial charge < -0.3 is 10.3 Å². The second kappa shape index (κ2) is 4.67. The fourth-order valence-electron chi connectivity index (χ4n) is 1.28. The van der Waals surface area contributed by atoms with Crippen molar-refractivity contribution in [2.45, 2.75) is 17.9 Å². The molecule has 1 aromatic heterocycles. The molecule has 16 heavy (non-hydrogen) atoms. The summed E-state index contributed by atoms with van der Waals surface area (Å²) in [5.41, 5.74) is 6.59. The molecule has 1 atom stereocenters. The van der Waals surface area contributed by atoms with Crippen LogP contribution in [0.25, 0.3) is 11.4 Å². The van der Waals surface area contributed by atoms with Crippen molar-refractivity contribution in [3.63, 3.8) is 0 Å². The highest BCUT2D eigenvalue weighted by Gasteiger charge is 2.11. The van der Waals surface area contributed by atoms with E-state index in [4.69, 9.17) is 10.3 Å². The standard InChI is InChI=1S/C11H13N3OS/c1-7(12)11-13-10(14-15-11)8-3-5-9(16-2)6-4-8/h3-7H,12H2,1-2H3/t7-/m0/s1. The van der Waals surface area contributed by atoms with Crippen LogP contribution in [0.5, 0.6) is 0 Å². The Labute approximate surface area is 98.2 Å². The number of hydrogen-bond acceptors (Lipinski definition) is 5. The van der Waals surface area contributed by atoms with Crippen molar-refractivity contribution in [2.24, 2.45) is 5.73 Å². The van der Waals surface area contributed by atoms with Crippen LogP contribution in [0.4, 0.5) is 0 Å². The molecule has 2 N–H and O–H groups in total. The summed E-state index contributed by atoms with van der Waals surface area (Å²) in [6, 6.07) is 7.78. The minimum absolute atomic E-state index is 0.230. The first kappa shape index (κ1) is 11.2. The highest BCUT2D eigenvalue weighted by atomic mass is 32.2. The predicted octanol–water partition coefficient (Wildman–Crippen LogP) is 2.48. The first-order valence-corrected chi connectivity index (χ1v) is 6.17. The van der Waals surface area contributed by atoms with Gasteiger partial charge in [-0.3, -0.25) is 0 Å². The van der Waals surface area contributed by atoms with Crippen molar-refractivity contribution in [3.8, 4) is 11.4 Å². The lowest BCUT2D eigenvalue weighted by Crippen LogP contribution is -2.04. The molecule has 84 valence electrons. The SMILES string of the molecule is CSc1ccc(-c2noc([C@H](C)N)n2)cc1. The van der Waals surface area contributed by atoms with Crippen LogP contribution in [-0.2, 0) is 0 Å². The Morgan fingerprint density at radius 1 is 1.31 bits per heavy atom. The van der Waals surface area contributed by atoms with Crippen LogP contribution in [0.15, 0.2) is 33.7 Å². The Balaban J connectivity index is 2.28. The Morgan fingerprint density at radius 2 is 2.00 bits per heavy atom. The molecule has 0 aliphatic heterocycles. The fourth-order valence-corrected chi connectivity index (χ4v) is 1.69. The molecule has 0 unspecified atom stereocenters. The smallest absolute Gasteiger partial charge is 0.243 e. The monoisotopic (exact) mass is 235 g/mol. The molecule has 0 amide bonds. The predicted molar refractivity (Wildman–Crippen MR) is 64.1 cm³/mol. The third kappa shape index (κ3) is 2.25. The maximum absolute atomic E-state index is 5.65. The van der Waals surface area contributed by atoms with Crippen molar-refractivity contribution >= 4 is 11.8 Å². The lowest BCUT2D eigenvalue weighted by Gasteiger charge is -1.97. The molecule has 1 heterocycles. The first-order chi connectivity index (χ1) is 7.70. The van der Waals surface area contributed by atoms with Gasteiger partial charge in [0.25, 0.3) is 0 Å². The molecular weight excluding hydrogens is 222 g/mol. The molecule has 0 saturated carbocycles. The van der Waals surface area contributed by atoms with E-state index in [2.05, 4.69) is 10.1 Å². The first-order valence-electron chi connectivity index (χ1n) is 4.94. The van der Waals surface area contributed by atoms with Crippen molar-refractivity contribution < 1.29 is 4.52 Å². The van der Waals surface area contributed by atoms with Gasteiger partial charge in [0.2, 0.25) is 11.7 Å². The summed E-state index contributed by atoms with van der Waals surface area (Å²) in [4.78, 5) is 5.43. The van der Waals surface area contributed by atoms with E-state index in [1.807, 2.05) is 37.4 Å². The number of aromatic nitrogens is 2. The minimum atomic E-state index is -0.230. The van der Waals surface area contributed by atoms with Crippen LogP contribution >= 0.6 is 11.8 Å². The van der Waals surface area contributed by atoms with E-state index < -0.39 is 0 Å². The fraction of sp³-hybridized carbons (Fsp3) is 0.273. The van der Waals surface area contributed by atoms with E-state index in [1.165, 1.54) is 4.90 Å². The average molecular weight is 235 g/mol.